The van der Waals surface area contributed by atoms with Crippen molar-refractivity contribution in [3.63, 3.8) is 0 Å². The van der Waals surface area contributed by atoms with Gasteiger partial charge in [0, 0.05) is 23.7 Å². The lowest BCUT2D eigenvalue weighted by atomic mass is 10.1. The van der Waals surface area contributed by atoms with Gasteiger partial charge in [0.05, 0.1) is 11.5 Å². The van der Waals surface area contributed by atoms with Gasteiger partial charge in [-0.2, -0.15) is 0 Å². The van der Waals surface area contributed by atoms with Crippen molar-refractivity contribution < 1.29 is 19.2 Å². The monoisotopic (exact) mass is 292 g/mol. The average molecular weight is 292 g/mol. The Morgan fingerprint density at radius 1 is 1.43 bits per heavy atom. The highest BCUT2D eigenvalue weighted by Crippen LogP contribution is 2.28. The zero-order valence-electron chi connectivity index (χ0n) is 11.7. The van der Waals surface area contributed by atoms with Gasteiger partial charge in [0.2, 0.25) is 0 Å². The molecule has 1 aliphatic rings. The molecular weight excluding hydrogens is 276 g/mol. The first-order chi connectivity index (χ1) is 10.0. The van der Waals surface area contributed by atoms with Gasteiger partial charge in [-0.25, -0.2) is 0 Å². The molecule has 0 bridgehead atoms. The first kappa shape index (κ1) is 15.0. The van der Waals surface area contributed by atoms with Crippen LogP contribution in [-0.4, -0.2) is 40.9 Å². The maximum absolute atomic E-state index is 12.4. The summed E-state index contributed by atoms with van der Waals surface area (Å²) in [5.41, 5.74) is 0.0631. The molecule has 7 nitrogen and oxygen atoms in total. The fourth-order valence-electron chi connectivity index (χ4n) is 2.02. The highest BCUT2D eigenvalue weighted by atomic mass is 16.6. The lowest BCUT2D eigenvalue weighted by molar-refractivity contribution is -0.384. The van der Waals surface area contributed by atoms with Crippen LogP contribution in [-0.2, 0) is 9.53 Å². The van der Waals surface area contributed by atoms with Gasteiger partial charge < -0.3 is 9.64 Å². The molecule has 0 atom stereocenters. The van der Waals surface area contributed by atoms with Crippen molar-refractivity contribution >= 4 is 17.6 Å². The number of nitrogens with zero attached hydrogens (tertiary/aromatic N) is 2. The van der Waals surface area contributed by atoms with Crippen molar-refractivity contribution in [2.75, 3.05) is 13.2 Å². The van der Waals surface area contributed by atoms with Crippen LogP contribution in [0.25, 0.3) is 0 Å². The summed E-state index contributed by atoms with van der Waals surface area (Å²) in [5.74, 6) is -0.850. The predicted molar refractivity (Wildman–Crippen MR) is 73.8 cm³/mol. The molecule has 1 fully saturated rings. The maximum Gasteiger partial charge on any atom is 0.325 e. The number of ether oxygens (including phenoxy) is 1. The molecule has 0 N–H and O–H groups in total. The van der Waals surface area contributed by atoms with Gasteiger partial charge in [0.1, 0.15) is 6.54 Å². The second-order valence-electron chi connectivity index (χ2n) is 4.78. The molecule has 0 aliphatic heterocycles. The molecule has 0 saturated heterocycles. The summed E-state index contributed by atoms with van der Waals surface area (Å²) in [7, 11) is 0. The summed E-state index contributed by atoms with van der Waals surface area (Å²) >= 11 is 0. The van der Waals surface area contributed by atoms with Crippen LogP contribution < -0.4 is 0 Å². The number of hydrogen-bond donors (Lipinski definition) is 0. The van der Waals surface area contributed by atoms with E-state index in [0.29, 0.717) is 0 Å². The van der Waals surface area contributed by atoms with Gasteiger partial charge in [0.25, 0.3) is 11.6 Å². The van der Waals surface area contributed by atoms with Crippen LogP contribution in [0.1, 0.15) is 30.1 Å². The molecule has 1 aliphatic carbocycles. The molecule has 112 valence electrons. The van der Waals surface area contributed by atoms with Crippen molar-refractivity contribution in [3.05, 3.63) is 39.9 Å². The van der Waals surface area contributed by atoms with Gasteiger partial charge in [-0.1, -0.05) is 6.07 Å². The van der Waals surface area contributed by atoms with Crippen LogP contribution in [0.5, 0.6) is 0 Å². The number of rotatable bonds is 6. The Morgan fingerprint density at radius 2 is 2.14 bits per heavy atom. The average Bonchev–Trinajstić information content (AvgIpc) is 3.29. The Balaban J connectivity index is 2.16. The van der Waals surface area contributed by atoms with Crippen molar-refractivity contribution in [1.82, 2.24) is 4.90 Å². The summed E-state index contributed by atoms with van der Waals surface area (Å²) in [6.45, 7) is 1.82. The number of carbonyl (C=O) groups is 2. The second-order valence-corrected chi connectivity index (χ2v) is 4.78. The molecule has 0 radical (unpaired) electrons. The van der Waals surface area contributed by atoms with E-state index in [2.05, 4.69) is 0 Å². The number of hydrogen-bond acceptors (Lipinski definition) is 5. The van der Waals surface area contributed by atoms with E-state index in [0.717, 1.165) is 12.8 Å². The summed E-state index contributed by atoms with van der Waals surface area (Å²) in [6.07, 6.45) is 1.67. The lowest BCUT2D eigenvalue weighted by Crippen LogP contribution is -2.38. The number of nitro groups is 1. The number of non-ortho nitro benzene ring substituents is 1. The molecule has 7 heteroatoms. The fourth-order valence-corrected chi connectivity index (χ4v) is 2.02. The predicted octanol–water partition coefficient (Wildman–Crippen LogP) is 1.76. The molecule has 0 heterocycles. The lowest BCUT2D eigenvalue weighted by Gasteiger charge is -2.21. The minimum absolute atomic E-state index is 0.0150. The number of nitro benzene ring substituents is 1. The number of carbonyl (C=O) groups excluding carboxylic acids is 2. The van der Waals surface area contributed by atoms with Crippen molar-refractivity contribution in [1.29, 1.82) is 0 Å². The quantitative estimate of drug-likeness (QED) is 0.453. The molecule has 0 spiro atoms. The number of benzene rings is 1. The highest BCUT2D eigenvalue weighted by molar-refractivity contribution is 5.97. The summed E-state index contributed by atoms with van der Waals surface area (Å²) in [4.78, 5) is 35.6. The summed E-state index contributed by atoms with van der Waals surface area (Å²) in [5, 5.41) is 10.8. The van der Waals surface area contributed by atoms with Gasteiger partial charge >= 0.3 is 5.97 Å². The van der Waals surface area contributed by atoms with Crippen molar-refractivity contribution in [3.8, 4) is 0 Å². The normalized spacial score (nSPS) is 13.6. The molecule has 1 saturated carbocycles. The summed E-state index contributed by atoms with van der Waals surface area (Å²) in [6, 6.07) is 5.53. The van der Waals surface area contributed by atoms with E-state index in [9.17, 15) is 19.7 Å². The minimum atomic E-state index is -0.552. The Bertz CT molecular complexity index is 568. The zero-order chi connectivity index (χ0) is 15.4. The van der Waals surface area contributed by atoms with E-state index in [1.807, 2.05) is 0 Å². The minimum Gasteiger partial charge on any atom is -0.465 e. The van der Waals surface area contributed by atoms with Gasteiger partial charge in [-0.15, -0.1) is 0 Å². The zero-order valence-corrected chi connectivity index (χ0v) is 11.7. The van der Waals surface area contributed by atoms with Gasteiger partial charge in [0.15, 0.2) is 0 Å². The van der Waals surface area contributed by atoms with Crippen LogP contribution in [0.3, 0.4) is 0 Å². The summed E-state index contributed by atoms with van der Waals surface area (Å²) < 4.78 is 4.86. The first-order valence-electron chi connectivity index (χ1n) is 6.74. The molecule has 0 unspecified atom stereocenters. The molecule has 1 amide bonds. The van der Waals surface area contributed by atoms with Crippen LogP contribution >= 0.6 is 0 Å². The first-order valence-corrected chi connectivity index (χ1v) is 6.74. The molecule has 2 rings (SSSR count). The number of esters is 1. The SMILES string of the molecule is CCOC(=O)CN(C(=O)c1cccc([N+](=O)[O-])c1)C1CC1. The third-order valence-corrected chi connectivity index (χ3v) is 3.16. The standard InChI is InChI=1S/C14H16N2O5/c1-2-21-13(17)9-15(11-6-7-11)14(18)10-4-3-5-12(8-10)16(19)20/h3-5,8,11H,2,6-7,9H2,1H3. The van der Waals surface area contributed by atoms with Gasteiger partial charge in [-0.05, 0) is 25.8 Å². The van der Waals surface area contributed by atoms with E-state index in [1.165, 1.54) is 29.2 Å². The Hall–Kier alpha value is -2.44. The Morgan fingerprint density at radius 3 is 2.71 bits per heavy atom. The number of amides is 1. The molecule has 21 heavy (non-hydrogen) atoms. The Labute approximate surface area is 121 Å². The van der Waals surface area contributed by atoms with E-state index < -0.39 is 10.9 Å². The molecule has 0 aromatic heterocycles. The smallest absolute Gasteiger partial charge is 0.325 e. The largest absolute Gasteiger partial charge is 0.465 e. The second kappa shape index (κ2) is 6.34. The van der Waals surface area contributed by atoms with E-state index in [1.54, 1.807) is 6.92 Å². The molecule has 1 aromatic rings. The highest BCUT2D eigenvalue weighted by Gasteiger charge is 2.35. The molecule has 1 aromatic carbocycles. The van der Waals surface area contributed by atoms with Gasteiger partial charge in [-0.3, -0.25) is 19.7 Å². The fraction of sp³-hybridized carbons (Fsp3) is 0.429. The van der Waals surface area contributed by atoms with Crippen LogP contribution in [0.2, 0.25) is 0 Å². The van der Waals surface area contributed by atoms with E-state index in [4.69, 9.17) is 4.74 Å². The van der Waals surface area contributed by atoms with Crippen molar-refractivity contribution in [2.24, 2.45) is 0 Å². The topological polar surface area (TPSA) is 89.8 Å². The van der Waals surface area contributed by atoms with E-state index >= 15 is 0 Å². The van der Waals surface area contributed by atoms with Crippen LogP contribution in [0.4, 0.5) is 5.69 Å². The molecular formula is C14H16N2O5. The van der Waals surface area contributed by atoms with E-state index in [-0.39, 0.29) is 36.4 Å². The van der Waals surface area contributed by atoms with Crippen LogP contribution in [0, 0.1) is 10.1 Å². The Kier molecular flexibility index (Phi) is 4.52. The maximum atomic E-state index is 12.4. The van der Waals surface area contributed by atoms with Crippen molar-refractivity contribution in [2.45, 2.75) is 25.8 Å². The third kappa shape index (κ3) is 3.77. The third-order valence-electron chi connectivity index (χ3n) is 3.16. The van der Waals surface area contributed by atoms with Crippen LogP contribution in [0.15, 0.2) is 24.3 Å².